The van der Waals surface area contributed by atoms with Gasteiger partial charge in [0.05, 0.1) is 5.52 Å². The van der Waals surface area contributed by atoms with Gasteiger partial charge in [0, 0.05) is 62.4 Å². The first-order valence-electron chi connectivity index (χ1n) is 13.4. The Hall–Kier alpha value is -2.88. The molecule has 3 atom stereocenters. The van der Waals surface area contributed by atoms with E-state index in [2.05, 4.69) is 25.8 Å². The van der Waals surface area contributed by atoms with Crippen LogP contribution in [0.25, 0.3) is 10.9 Å². The highest BCUT2D eigenvalue weighted by atomic mass is 79.9. The number of piperidine rings is 1. The molecular weight excluding hydrogens is 550 g/mol. The fraction of sp³-hybridized carbons (Fsp3) is 0.571. The monoisotopic (exact) mass is 585 g/mol. The predicted octanol–water partition coefficient (Wildman–Crippen LogP) is 3.47. The summed E-state index contributed by atoms with van der Waals surface area (Å²) in [6.07, 6.45) is 7.27. The van der Waals surface area contributed by atoms with Crippen LogP contribution in [0.1, 0.15) is 75.2 Å². The van der Waals surface area contributed by atoms with Gasteiger partial charge in [0.15, 0.2) is 5.78 Å². The SMILES string of the molecule is CC(=O)c1cn2c3c(cc(N)cc13)CCCCCC(C)(C)C(=O)NC[C@@]13C[C@@H](C(=O)NBr)N(C(=O)C2)[C@@H]1C3. The topological polar surface area (TPSA) is 127 Å². The van der Waals surface area contributed by atoms with Crippen molar-refractivity contribution in [2.24, 2.45) is 10.8 Å². The van der Waals surface area contributed by atoms with Gasteiger partial charge in [0.2, 0.25) is 11.8 Å². The summed E-state index contributed by atoms with van der Waals surface area (Å²) in [5, 5.41) is 3.90. The van der Waals surface area contributed by atoms with Crippen molar-refractivity contribution in [2.45, 2.75) is 84.3 Å². The number of anilines is 1. The third kappa shape index (κ3) is 4.61. The smallest absolute Gasteiger partial charge is 0.252 e. The molecule has 2 aliphatic heterocycles. The van der Waals surface area contributed by atoms with Gasteiger partial charge in [-0.15, -0.1) is 0 Å². The average molecular weight is 587 g/mol. The molecule has 2 fully saturated rings. The number of aromatic nitrogens is 1. The lowest BCUT2D eigenvalue weighted by Gasteiger charge is -2.26. The molecule has 2 aromatic rings. The maximum Gasteiger partial charge on any atom is 0.252 e. The van der Waals surface area contributed by atoms with Gasteiger partial charge >= 0.3 is 0 Å². The molecule has 0 unspecified atom stereocenters. The molecule has 5 rings (SSSR count). The number of ketones is 1. The summed E-state index contributed by atoms with van der Waals surface area (Å²) in [4.78, 5) is 54.0. The van der Waals surface area contributed by atoms with E-state index in [1.54, 1.807) is 11.1 Å². The zero-order valence-electron chi connectivity index (χ0n) is 22.2. The van der Waals surface area contributed by atoms with Gasteiger partial charge in [0.25, 0.3) is 5.91 Å². The van der Waals surface area contributed by atoms with Gasteiger partial charge in [-0.05, 0) is 56.7 Å². The van der Waals surface area contributed by atoms with Gasteiger partial charge in [0.1, 0.15) is 12.6 Å². The number of nitrogen functional groups attached to an aromatic ring is 1. The van der Waals surface area contributed by atoms with E-state index in [-0.39, 0.29) is 41.5 Å². The highest BCUT2D eigenvalue weighted by Crippen LogP contribution is 2.59. The number of halogens is 1. The number of hydrogen-bond donors (Lipinski definition) is 3. The number of hydrogen-bond acceptors (Lipinski definition) is 5. The van der Waals surface area contributed by atoms with E-state index < -0.39 is 11.5 Å². The van der Waals surface area contributed by atoms with Gasteiger partial charge in [-0.3, -0.25) is 23.5 Å². The minimum atomic E-state index is -0.631. The van der Waals surface area contributed by atoms with Crippen LogP contribution in [0.5, 0.6) is 0 Å². The summed E-state index contributed by atoms with van der Waals surface area (Å²) in [6.45, 7) is 5.93. The van der Waals surface area contributed by atoms with Crippen molar-refractivity contribution < 1.29 is 19.2 Å². The van der Waals surface area contributed by atoms with Crippen molar-refractivity contribution in [3.63, 3.8) is 0 Å². The number of nitrogens with zero attached hydrogens (tertiary/aromatic N) is 2. The molecule has 2 bridgehead atoms. The zero-order chi connectivity index (χ0) is 27.4. The molecule has 1 aliphatic carbocycles. The molecule has 9 nitrogen and oxygen atoms in total. The van der Waals surface area contributed by atoms with Crippen LogP contribution < -0.4 is 15.4 Å². The molecule has 3 aliphatic rings. The second kappa shape index (κ2) is 9.70. The molecule has 0 radical (unpaired) electrons. The molecule has 1 aromatic carbocycles. The summed E-state index contributed by atoms with van der Waals surface area (Å²) < 4.78 is 4.39. The standard InChI is InChI=1S/C28H36BrN5O4/c1-16(35)20-13-33-14-23(36)34-21(25(37)32-29)11-28(12-22(28)34)15-31-26(38)27(2,3)8-6-4-5-7-17-9-18(30)10-19(20)24(17)33/h9-10,13,21-22H,4-8,11-12,14-15,30H2,1-3H3,(H,31,38)(H,32,37)/t21-,22+,28-/m0/s1. The Morgan fingerprint density at radius 2 is 1.92 bits per heavy atom. The first-order valence-corrected chi connectivity index (χ1v) is 14.2. The highest BCUT2D eigenvalue weighted by Gasteiger charge is 2.67. The van der Waals surface area contributed by atoms with Crippen molar-refractivity contribution >= 4 is 56.2 Å². The van der Waals surface area contributed by atoms with Gasteiger partial charge in [-0.2, -0.15) is 0 Å². The second-order valence-corrected chi connectivity index (χ2v) is 12.4. The van der Waals surface area contributed by atoms with Gasteiger partial charge in [-0.25, -0.2) is 0 Å². The first-order chi connectivity index (χ1) is 18.0. The van der Waals surface area contributed by atoms with E-state index >= 15 is 0 Å². The number of carbonyl (C=O) groups is 4. The van der Waals surface area contributed by atoms with E-state index in [4.69, 9.17) is 5.73 Å². The number of Topliss-reactive ketones (excluding diaryl/α,β-unsaturated/α-hetero) is 1. The largest absolute Gasteiger partial charge is 0.399 e. The van der Waals surface area contributed by atoms with Crippen LogP contribution in [0.15, 0.2) is 18.3 Å². The Morgan fingerprint density at radius 1 is 1.16 bits per heavy atom. The van der Waals surface area contributed by atoms with E-state index in [1.165, 1.54) is 6.92 Å². The highest BCUT2D eigenvalue weighted by molar-refractivity contribution is 9.08. The van der Waals surface area contributed by atoms with Crippen molar-refractivity contribution in [2.75, 3.05) is 12.3 Å². The normalized spacial score (nSPS) is 27.4. The molecule has 1 saturated heterocycles. The molecule has 4 N–H and O–H groups in total. The number of aryl methyl sites for hydroxylation is 1. The average Bonchev–Trinajstić information content (AvgIpc) is 3.27. The fourth-order valence-corrected chi connectivity index (χ4v) is 6.84. The molecule has 204 valence electrons. The fourth-order valence-electron chi connectivity index (χ4n) is 6.58. The lowest BCUT2D eigenvalue weighted by Crippen LogP contribution is -2.47. The predicted molar refractivity (Wildman–Crippen MR) is 148 cm³/mol. The van der Waals surface area contributed by atoms with E-state index in [0.717, 1.165) is 55.0 Å². The van der Waals surface area contributed by atoms with Crippen LogP contribution >= 0.6 is 16.1 Å². The summed E-state index contributed by atoms with van der Waals surface area (Å²) in [6, 6.07) is 2.99. The Balaban J connectivity index is 1.57. The third-order valence-corrected chi connectivity index (χ3v) is 9.21. The quantitative estimate of drug-likeness (QED) is 0.282. The Labute approximate surface area is 231 Å². The number of nitrogens with two attached hydrogens (primary N) is 1. The Kier molecular flexibility index (Phi) is 6.82. The van der Waals surface area contributed by atoms with Crippen LogP contribution in [-0.4, -0.2) is 51.6 Å². The van der Waals surface area contributed by atoms with Crippen LogP contribution in [0.2, 0.25) is 0 Å². The number of amides is 3. The molecular formula is C28H36BrN5O4. The molecule has 38 heavy (non-hydrogen) atoms. The molecule has 10 heteroatoms. The van der Waals surface area contributed by atoms with Crippen LogP contribution in [0, 0.1) is 10.8 Å². The number of nitrogens with one attached hydrogen (secondary N) is 2. The Bertz CT molecular complexity index is 1330. The zero-order valence-corrected chi connectivity index (χ0v) is 23.8. The van der Waals surface area contributed by atoms with Crippen molar-refractivity contribution in [1.29, 1.82) is 0 Å². The van der Waals surface area contributed by atoms with E-state index in [0.29, 0.717) is 24.2 Å². The minimum Gasteiger partial charge on any atom is -0.399 e. The van der Waals surface area contributed by atoms with Gasteiger partial charge in [-0.1, -0.05) is 26.7 Å². The number of benzene rings is 1. The van der Waals surface area contributed by atoms with Crippen LogP contribution in [-0.2, 0) is 27.3 Å². The van der Waals surface area contributed by atoms with Crippen molar-refractivity contribution in [3.8, 4) is 0 Å². The van der Waals surface area contributed by atoms with Gasteiger partial charge < -0.3 is 20.5 Å². The van der Waals surface area contributed by atoms with Crippen molar-refractivity contribution in [3.05, 3.63) is 29.5 Å². The summed E-state index contributed by atoms with van der Waals surface area (Å²) in [5.41, 5.74) is 8.41. The third-order valence-electron chi connectivity index (χ3n) is 8.82. The van der Waals surface area contributed by atoms with E-state index in [1.807, 2.05) is 30.5 Å². The molecule has 3 amide bonds. The number of carbonyl (C=O) groups excluding carboxylic acids is 4. The lowest BCUT2D eigenvalue weighted by atomic mass is 9.85. The molecule has 0 spiro atoms. The summed E-state index contributed by atoms with van der Waals surface area (Å²) in [5.74, 6) is -0.530. The van der Waals surface area contributed by atoms with E-state index in [9.17, 15) is 19.2 Å². The maximum absolute atomic E-state index is 13.9. The number of rotatable bonds is 2. The van der Waals surface area contributed by atoms with Crippen LogP contribution in [0.3, 0.4) is 0 Å². The summed E-state index contributed by atoms with van der Waals surface area (Å²) in [7, 11) is 0. The van der Waals surface area contributed by atoms with Crippen molar-refractivity contribution in [1.82, 2.24) is 19.1 Å². The molecule has 1 aromatic heterocycles. The Morgan fingerprint density at radius 3 is 2.63 bits per heavy atom. The molecule has 1 saturated carbocycles. The second-order valence-electron chi connectivity index (χ2n) is 12.0. The first kappa shape index (κ1) is 26.7. The molecule has 3 heterocycles. The summed E-state index contributed by atoms with van der Waals surface area (Å²) >= 11 is 3.05. The van der Waals surface area contributed by atoms with Crippen LogP contribution in [0.4, 0.5) is 5.69 Å². The minimum absolute atomic E-state index is 0.0124. The maximum atomic E-state index is 13.9. The lowest BCUT2D eigenvalue weighted by molar-refractivity contribution is -0.139.